The van der Waals surface area contributed by atoms with Crippen molar-refractivity contribution in [3.05, 3.63) is 5.56 Å². The van der Waals surface area contributed by atoms with Crippen LogP contribution in [-0.2, 0) is 0 Å². The molecule has 1 aromatic carbocycles. The van der Waals surface area contributed by atoms with Crippen molar-refractivity contribution < 1.29 is 24.5 Å². The van der Waals surface area contributed by atoms with E-state index in [-0.39, 0.29) is 27.9 Å². The molecule has 0 aliphatic carbocycles. The first-order valence-corrected chi connectivity index (χ1v) is 6.49. The van der Waals surface area contributed by atoms with Gasteiger partial charge in [-0.15, -0.1) is 0 Å². The molecule has 0 amide bonds. The molecular formula is C11H6B7NO5. The molecule has 1 heterocycles. The van der Waals surface area contributed by atoms with Crippen LogP contribution in [0, 0.1) is 0 Å². The maximum absolute atomic E-state index is 12.6. The third-order valence-corrected chi connectivity index (χ3v) is 3.16. The number of nitrogens with one attached hydrogen (secondary N) is 1. The van der Waals surface area contributed by atoms with Crippen molar-refractivity contribution in [3.63, 3.8) is 0 Å². The minimum Gasteiger partial charge on any atom is -0.469 e. The van der Waals surface area contributed by atoms with Crippen LogP contribution in [0.1, 0.15) is 17.3 Å². The SMILES string of the molecule is [B]c1c([B])c(C(=O)[C@](C)(O)NC([B])([B])O)c([B])c2c1OC([B])([B])O2. The number of carbonyl (C=O) groups excluding carboxylic acids is 1. The molecule has 0 aromatic heterocycles. The first-order chi connectivity index (χ1) is 10.7. The van der Waals surface area contributed by atoms with Gasteiger partial charge in [-0.3, -0.25) is 10.1 Å². The molecule has 6 nitrogen and oxygen atoms in total. The second kappa shape index (κ2) is 5.68. The number of hydrogen-bond donors (Lipinski definition) is 3. The number of carbonyl (C=O) groups is 1. The van der Waals surface area contributed by atoms with E-state index < -0.39 is 28.2 Å². The van der Waals surface area contributed by atoms with Crippen molar-refractivity contribution in [3.8, 4) is 11.5 Å². The summed E-state index contributed by atoms with van der Waals surface area (Å²) in [5, 5.41) is 21.4. The first kappa shape index (κ1) is 19.2. The van der Waals surface area contributed by atoms with E-state index in [1.165, 1.54) is 0 Å². The molecule has 2 rings (SSSR count). The molecule has 3 N–H and O–H groups in total. The highest BCUT2D eigenvalue weighted by Crippen LogP contribution is 2.33. The first-order valence-electron chi connectivity index (χ1n) is 6.49. The van der Waals surface area contributed by atoms with Gasteiger partial charge in [-0.1, -0.05) is 10.9 Å². The average molecular weight is 308 g/mol. The lowest BCUT2D eigenvalue weighted by molar-refractivity contribution is -0.00817. The summed E-state index contributed by atoms with van der Waals surface area (Å²) in [5.41, 5.74) is -8.39. The lowest BCUT2D eigenvalue weighted by Gasteiger charge is -2.33. The molecule has 0 unspecified atom stereocenters. The summed E-state index contributed by atoms with van der Waals surface area (Å²) in [6, 6.07) is 0. The molecular weight excluding hydrogens is 302 g/mol. The van der Waals surface area contributed by atoms with Crippen LogP contribution in [0.25, 0.3) is 0 Å². The number of fused-ring (bicyclic) bond motifs is 1. The molecule has 106 valence electrons. The van der Waals surface area contributed by atoms with Crippen molar-refractivity contribution in [1.29, 1.82) is 0 Å². The van der Waals surface area contributed by atoms with Gasteiger partial charge in [0, 0.05) is 11.1 Å². The average Bonchev–Trinajstić information content (AvgIpc) is 2.70. The fourth-order valence-corrected chi connectivity index (χ4v) is 2.24. The number of aliphatic hydroxyl groups is 2. The predicted molar refractivity (Wildman–Crippen MR) is 92.6 cm³/mol. The van der Waals surface area contributed by atoms with Crippen molar-refractivity contribution in [1.82, 2.24) is 5.32 Å². The molecule has 0 saturated carbocycles. The maximum Gasteiger partial charge on any atom is 0.208 e. The van der Waals surface area contributed by atoms with Crippen molar-refractivity contribution in [2.75, 3.05) is 0 Å². The summed E-state index contributed by atoms with van der Waals surface area (Å²) in [5.74, 6) is -1.47. The van der Waals surface area contributed by atoms with Gasteiger partial charge in [-0.2, -0.15) is 0 Å². The monoisotopic (exact) mass is 309 g/mol. The number of hydrogen-bond acceptors (Lipinski definition) is 6. The molecule has 0 fully saturated rings. The minimum absolute atomic E-state index is 0.145. The minimum atomic E-state index is -2.56. The predicted octanol–water partition coefficient (Wildman–Crippen LogP) is -5.79. The Hall–Kier alpha value is -1.18. The fraction of sp³-hybridized carbons (Fsp3) is 0.364. The van der Waals surface area contributed by atoms with Crippen LogP contribution in [0.3, 0.4) is 0 Å². The standard InChI is InChI=1S/C11H6B7NO5/c1-9(21,19-10(15,16)22)8(20)2-3(12)5(14)7-6(4(2)13)23-11(17,18)24-7/h19,21-22H,1H3/t9-/m0/s1. The van der Waals surface area contributed by atoms with Gasteiger partial charge in [0.1, 0.15) is 39.2 Å². The molecule has 1 atom stereocenters. The Morgan fingerprint density at radius 1 is 1.04 bits per heavy atom. The second-order valence-electron chi connectivity index (χ2n) is 5.55. The molecule has 1 aliphatic heterocycles. The van der Waals surface area contributed by atoms with Crippen LogP contribution in [0.5, 0.6) is 11.5 Å². The third kappa shape index (κ3) is 3.43. The van der Waals surface area contributed by atoms with Gasteiger partial charge in [0.2, 0.25) is 5.78 Å². The topological polar surface area (TPSA) is 88.0 Å². The van der Waals surface area contributed by atoms with Gasteiger partial charge in [0.25, 0.3) is 0 Å². The van der Waals surface area contributed by atoms with Crippen molar-refractivity contribution in [2.24, 2.45) is 0 Å². The second-order valence-corrected chi connectivity index (χ2v) is 5.55. The van der Waals surface area contributed by atoms with Crippen LogP contribution < -0.4 is 31.2 Å². The zero-order valence-electron chi connectivity index (χ0n) is 12.7. The van der Waals surface area contributed by atoms with E-state index in [2.05, 4.69) is 0 Å². The lowest BCUT2D eigenvalue weighted by atomic mass is 9.69. The van der Waals surface area contributed by atoms with E-state index in [1.807, 2.05) is 5.32 Å². The molecule has 0 spiro atoms. The van der Waals surface area contributed by atoms with Crippen LogP contribution in [0.2, 0.25) is 0 Å². The third-order valence-electron chi connectivity index (χ3n) is 3.16. The summed E-state index contributed by atoms with van der Waals surface area (Å²) < 4.78 is 10.2. The number of rotatable bonds is 4. The molecule has 24 heavy (non-hydrogen) atoms. The van der Waals surface area contributed by atoms with Gasteiger partial charge >= 0.3 is 0 Å². The Morgan fingerprint density at radius 2 is 1.50 bits per heavy atom. The molecule has 0 bridgehead atoms. The van der Waals surface area contributed by atoms with Crippen LogP contribution >= 0.6 is 0 Å². The maximum atomic E-state index is 12.6. The van der Waals surface area contributed by atoms with Gasteiger partial charge in [-0.25, -0.2) is 0 Å². The summed E-state index contributed by atoms with van der Waals surface area (Å²) in [6.45, 7) is 0.968. The smallest absolute Gasteiger partial charge is 0.208 e. The highest BCUT2D eigenvalue weighted by molar-refractivity contribution is 6.56. The van der Waals surface area contributed by atoms with Crippen LogP contribution in [-0.4, -0.2) is 87.8 Å². The highest BCUT2D eigenvalue weighted by atomic mass is 16.7. The highest BCUT2D eigenvalue weighted by Gasteiger charge is 2.40. The van der Waals surface area contributed by atoms with E-state index in [4.69, 9.17) is 64.4 Å². The number of benzene rings is 1. The molecule has 13 heteroatoms. The van der Waals surface area contributed by atoms with E-state index >= 15 is 0 Å². The molecule has 1 aliphatic rings. The Bertz CT molecular complexity index is 716. The van der Waals surface area contributed by atoms with E-state index in [1.54, 1.807) is 0 Å². The van der Waals surface area contributed by atoms with Gasteiger partial charge in [0.05, 0.1) is 0 Å². The van der Waals surface area contributed by atoms with E-state index in [0.717, 1.165) is 6.92 Å². The molecule has 14 radical (unpaired) electrons. The Balaban J connectivity index is 2.57. The molecule has 1 aromatic rings. The van der Waals surface area contributed by atoms with Crippen molar-refractivity contribution >= 4 is 77.1 Å². The summed E-state index contributed by atoms with van der Waals surface area (Å²) >= 11 is 0. The summed E-state index contributed by atoms with van der Waals surface area (Å²) in [6.07, 6.45) is 0. The lowest BCUT2D eigenvalue weighted by Crippen LogP contribution is -2.62. The fourth-order valence-electron chi connectivity index (χ4n) is 2.24. The summed E-state index contributed by atoms with van der Waals surface area (Å²) in [4.78, 5) is 12.6. The number of Topliss-reactive ketones (excluding diaryl/α,β-unsaturated/α-hetero) is 1. The normalized spacial score (nSPS) is 18.1. The number of ether oxygens (including phenoxy) is 2. The zero-order chi connectivity index (χ0) is 18.7. The van der Waals surface area contributed by atoms with Gasteiger partial charge in [0.15, 0.2) is 38.5 Å². The Labute approximate surface area is 148 Å². The number of ketones is 1. The van der Waals surface area contributed by atoms with Gasteiger partial charge < -0.3 is 19.7 Å². The van der Waals surface area contributed by atoms with Crippen LogP contribution in [0.15, 0.2) is 0 Å². The Morgan fingerprint density at radius 3 is 1.96 bits per heavy atom. The largest absolute Gasteiger partial charge is 0.469 e. The van der Waals surface area contributed by atoms with Crippen LogP contribution in [0.4, 0.5) is 0 Å². The van der Waals surface area contributed by atoms with E-state index in [9.17, 15) is 15.0 Å². The Kier molecular flexibility index (Phi) is 4.53. The quantitative estimate of drug-likeness (QED) is 0.292. The van der Waals surface area contributed by atoms with E-state index in [0.29, 0.717) is 0 Å². The van der Waals surface area contributed by atoms with Gasteiger partial charge in [-0.05, 0) is 12.4 Å². The summed E-state index contributed by atoms with van der Waals surface area (Å²) in [7, 11) is 38.6. The van der Waals surface area contributed by atoms with Crippen molar-refractivity contribution in [2.45, 2.75) is 23.8 Å². The zero-order valence-corrected chi connectivity index (χ0v) is 12.7. The molecule has 0 saturated heterocycles.